The minimum atomic E-state index is -0.0419. The molecule has 0 spiro atoms. The zero-order chi connectivity index (χ0) is 22.4. The molecule has 0 atom stereocenters. The van der Waals surface area contributed by atoms with Gasteiger partial charge in [0.2, 0.25) is 0 Å². The van der Waals surface area contributed by atoms with Crippen LogP contribution < -0.4 is 0 Å². The Morgan fingerprint density at radius 3 is 1.90 bits per heavy atom. The summed E-state index contributed by atoms with van der Waals surface area (Å²) in [6.07, 6.45) is 31.3. The molecular weight excluding hydrogens is 382 g/mol. The predicted octanol–water partition coefficient (Wildman–Crippen LogP) is 8.23. The Balaban J connectivity index is 1.82. The van der Waals surface area contributed by atoms with Crippen molar-refractivity contribution in [2.45, 2.75) is 110 Å². The van der Waals surface area contributed by atoms with Gasteiger partial charge in [-0.05, 0) is 50.7 Å². The van der Waals surface area contributed by atoms with Crippen molar-refractivity contribution in [3.8, 4) is 0 Å². The van der Waals surface area contributed by atoms with Crippen molar-refractivity contribution in [2.75, 3.05) is 0 Å². The molecule has 0 aromatic carbocycles. The van der Waals surface area contributed by atoms with E-state index >= 15 is 0 Å². The van der Waals surface area contributed by atoms with Crippen molar-refractivity contribution in [1.82, 2.24) is 4.98 Å². The number of nitrogens with one attached hydrogen (secondary N) is 1. The Morgan fingerprint density at radius 2 is 1.32 bits per heavy atom. The first-order valence-corrected chi connectivity index (χ1v) is 12.5. The number of unbranched alkanes of at least 4 members (excludes halogenated alkanes) is 10. The summed E-state index contributed by atoms with van der Waals surface area (Å²) >= 11 is 0. The van der Waals surface area contributed by atoms with Gasteiger partial charge in [0.05, 0.1) is 12.3 Å². The monoisotopic (exact) mass is 427 g/mol. The van der Waals surface area contributed by atoms with Gasteiger partial charge >= 0.3 is 0 Å². The van der Waals surface area contributed by atoms with E-state index in [0.29, 0.717) is 17.8 Å². The van der Waals surface area contributed by atoms with Crippen LogP contribution in [0, 0.1) is 0 Å². The molecular formula is C28H45NO2. The summed E-state index contributed by atoms with van der Waals surface area (Å²) in [4.78, 5) is 15.0. The third-order valence-corrected chi connectivity index (χ3v) is 5.52. The Labute approximate surface area is 190 Å². The SMILES string of the molecule is CCC=CCC=CCC=CCCCCCCCCCCCCC(=O)c1ccc(CO)[nH]1. The lowest BCUT2D eigenvalue weighted by atomic mass is 10.0. The van der Waals surface area contributed by atoms with Crippen LogP contribution in [0.15, 0.2) is 48.6 Å². The second-order valence-electron chi connectivity index (χ2n) is 8.35. The number of allylic oxidation sites excluding steroid dienone is 6. The number of hydrogen-bond acceptors (Lipinski definition) is 2. The summed E-state index contributed by atoms with van der Waals surface area (Å²) < 4.78 is 0. The highest BCUT2D eigenvalue weighted by molar-refractivity contribution is 5.94. The molecule has 0 aliphatic rings. The van der Waals surface area contributed by atoms with Gasteiger partial charge in [0.1, 0.15) is 0 Å². The summed E-state index contributed by atoms with van der Waals surface area (Å²) in [5.74, 6) is 0.158. The smallest absolute Gasteiger partial charge is 0.179 e. The fourth-order valence-electron chi connectivity index (χ4n) is 3.62. The molecule has 0 saturated carbocycles. The number of ketones is 1. The average Bonchev–Trinajstić information content (AvgIpc) is 3.27. The van der Waals surface area contributed by atoms with Crippen LogP contribution in [0.1, 0.15) is 119 Å². The first-order valence-electron chi connectivity index (χ1n) is 12.5. The molecule has 0 aliphatic carbocycles. The maximum Gasteiger partial charge on any atom is 0.179 e. The third-order valence-electron chi connectivity index (χ3n) is 5.52. The van der Waals surface area contributed by atoms with Crippen molar-refractivity contribution < 1.29 is 9.90 Å². The van der Waals surface area contributed by atoms with E-state index in [2.05, 4.69) is 48.4 Å². The number of rotatable bonds is 20. The quantitative estimate of drug-likeness (QED) is 0.125. The predicted molar refractivity (Wildman–Crippen MR) is 133 cm³/mol. The van der Waals surface area contributed by atoms with Crippen LogP contribution in [0.3, 0.4) is 0 Å². The molecule has 1 rings (SSSR count). The van der Waals surface area contributed by atoms with Gasteiger partial charge in [-0.15, -0.1) is 0 Å². The molecule has 174 valence electrons. The van der Waals surface area contributed by atoms with Gasteiger partial charge in [0.15, 0.2) is 5.78 Å². The topological polar surface area (TPSA) is 53.1 Å². The largest absolute Gasteiger partial charge is 0.390 e. The van der Waals surface area contributed by atoms with Crippen molar-refractivity contribution in [3.05, 3.63) is 60.0 Å². The molecule has 0 radical (unpaired) electrons. The first kappa shape index (κ1) is 27.2. The minimum absolute atomic E-state index is 0.0419. The van der Waals surface area contributed by atoms with Crippen LogP contribution in [0.5, 0.6) is 0 Å². The van der Waals surface area contributed by atoms with E-state index in [4.69, 9.17) is 5.11 Å². The molecule has 0 unspecified atom stereocenters. The number of hydrogen-bond donors (Lipinski definition) is 2. The standard InChI is InChI=1S/C28H45NO2/c1-2-3-4-5-6-7-8-9-10-11-12-13-14-15-16-17-18-19-20-21-22-28(31)27-24-23-26(25-30)29-27/h3-4,6-7,9-10,23-24,29-30H,2,5,8,11-22,25H2,1H3. The Kier molecular flexibility index (Phi) is 17.6. The highest BCUT2D eigenvalue weighted by atomic mass is 16.3. The lowest BCUT2D eigenvalue weighted by Crippen LogP contribution is -1.99. The maximum atomic E-state index is 12.0. The van der Waals surface area contributed by atoms with Crippen molar-refractivity contribution in [2.24, 2.45) is 0 Å². The molecule has 2 N–H and O–H groups in total. The number of Topliss-reactive ketones (excluding diaryl/α,β-unsaturated/α-hetero) is 1. The van der Waals surface area contributed by atoms with Gasteiger partial charge in [-0.2, -0.15) is 0 Å². The first-order chi connectivity index (χ1) is 15.3. The zero-order valence-electron chi connectivity index (χ0n) is 19.8. The van der Waals surface area contributed by atoms with Gasteiger partial charge in [0, 0.05) is 12.1 Å². The molecule has 0 amide bonds. The molecule has 0 fully saturated rings. The van der Waals surface area contributed by atoms with Gasteiger partial charge in [-0.25, -0.2) is 0 Å². The van der Waals surface area contributed by atoms with Gasteiger partial charge in [0.25, 0.3) is 0 Å². The minimum Gasteiger partial charge on any atom is -0.390 e. The van der Waals surface area contributed by atoms with Gasteiger partial charge in [-0.3, -0.25) is 4.79 Å². The number of aromatic amines is 1. The average molecular weight is 428 g/mol. The zero-order valence-corrected chi connectivity index (χ0v) is 19.8. The normalized spacial score (nSPS) is 12.1. The molecule has 3 nitrogen and oxygen atoms in total. The summed E-state index contributed by atoms with van der Waals surface area (Å²) in [7, 11) is 0. The fraction of sp³-hybridized carbons (Fsp3) is 0.607. The highest BCUT2D eigenvalue weighted by Crippen LogP contribution is 2.13. The highest BCUT2D eigenvalue weighted by Gasteiger charge is 2.07. The van der Waals surface area contributed by atoms with Gasteiger partial charge in [-0.1, -0.05) is 94.7 Å². The van der Waals surface area contributed by atoms with E-state index in [1.54, 1.807) is 12.1 Å². The second-order valence-corrected chi connectivity index (χ2v) is 8.35. The van der Waals surface area contributed by atoms with E-state index in [0.717, 1.165) is 32.1 Å². The molecule has 31 heavy (non-hydrogen) atoms. The molecule has 1 aromatic rings. The molecule has 1 aromatic heterocycles. The number of aliphatic hydroxyl groups is 1. The van der Waals surface area contributed by atoms with E-state index in [1.165, 1.54) is 57.8 Å². The Bertz CT molecular complexity index is 639. The molecule has 0 bridgehead atoms. The van der Waals surface area contributed by atoms with Crippen molar-refractivity contribution in [3.63, 3.8) is 0 Å². The molecule has 3 heteroatoms. The summed E-state index contributed by atoms with van der Waals surface area (Å²) in [6.45, 7) is 2.12. The van der Waals surface area contributed by atoms with Crippen LogP contribution in [-0.2, 0) is 6.61 Å². The summed E-state index contributed by atoms with van der Waals surface area (Å²) in [5.41, 5.74) is 1.34. The van der Waals surface area contributed by atoms with Crippen LogP contribution in [0.25, 0.3) is 0 Å². The second kappa shape index (κ2) is 20.1. The van der Waals surface area contributed by atoms with E-state index in [-0.39, 0.29) is 12.4 Å². The van der Waals surface area contributed by atoms with Crippen LogP contribution >= 0.6 is 0 Å². The summed E-state index contributed by atoms with van der Waals surface area (Å²) in [6, 6.07) is 3.55. The molecule has 0 saturated heterocycles. The number of aromatic nitrogens is 1. The van der Waals surface area contributed by atoms with E-state index in [1.807, 2.05) is 0 Å². The maximum absolute atomic E-state index is 12.0. The van der Waals surface area contributed by atoms with E-state index in [9.17, 15) is 4.79 Å². The summed E-state index contributed by atoms with van der Waals surface area (Å²) in [5, 5.41) is 9.03. The van der Waals surface area contributed by atoms with Crippen LogP contribution in [0.4, 0.5) is 0 Å². The van der Waals surface area contributed by atoms with Gasteiger partial charge < -0.3 is 10.1 Å². The number of H-pyrrole nitrogens is 1. The van der Waals surface area contributed by atoms with Crippen LogP contribution in [-0.4, -0.2) is 15.9 Å². The third kappa shape index (κ3) is 15.6. The number of aliphatic hydroxyl groups excluding tert-OH is 1. The Hall–Kier alpha value is -1.87. The van der Waals surface area contributed by atoms with Crippen molar-refractivity contribution >= 4 is 5.78 Å². The van der Waals surface area contributed by atoms with E-state index < -0.39 is 0 Å². The lowest BCUT2D eigenvalue weighted by molar-refractivity contribution is 0.0974. The van der Waals surface area contributed by atoms with Crippen molar-refractivity contribution in [1.29, 1.82) is 0 Å². The van der Waals surface area contributed by atoms with Crippen LogP contribution in [0.2, 0.25) is 0 Å². The lowest BCUT2D eigenvalue weighted by Gasteiger charge is -2.02. The Morgan fingerprint density at radius 1 is 0.774 bits per heavy atom. The number of carbonyl (C=O) groups is 1. The molecule has 1 heterocycles. The fourth-order valence-corrected chi connectivity index (χ4v) is 3.62. The molecule has 0 aliphatic heterocycles. The number of carbonyl (C=O) groups excluding carboxylic acids is 1.